The Morgan fingerprint density at radius 3 is 1.65 bits per heavy atom. The molecule has 100 valence electrons. The van der Waals surface area contributed by atoms with Gasteiger partial charge in [-0.3, -0.25) is 20.4 Å². The molecule has 0 aromatic rings. The molecule has 0 aromatic heterocycles. The van der Waals surface area contributed by atoms with Crippen molar-refractivity contribution in [2.24, 2.45) is 10.8 Å². The largest absolute Gasteiger partial charge is 0.273 e. The third kappa shape index (κ3) is 4.75. The molecule has 0 unspecified atom stereocenters. The molecule has 17 heavy (non-hydrogen) atoms. The molecular weight excluding hydrogens is 216 g/mol. The maximum absolute atomic E-state index is 11.8. The molecule has 2 amide bonds. The summed E-state index contributed by atoms with van der Waals surface area (Å²) in [7, 11) is 0. The topological polar surface area (TPSA) is 58.2 Å². The van der Waals surface area contributed by atoms with Gasteiger partial charge >= 0.3 is 0 Å². The van der Waals surface area contributed by atoms with E-state index < -0.39 is 10.8 Å². The van der Waals surface area contributed by atoms with Gasteiger partial charge in [0, 0.05) is 10.8 Å². The fraction of sp³-hybridized carbons (Fsp3) is 0.846. The van der Waals surface area contributed by atoms with Crippen molar-refractivity contribution >= 4 is 11.8 Å². The first-order valence-electron chi connectivity index (χ1n) is 6.28. The van der Waals surface area contributed by atoms with Crippen molar-refractivity contribution in [3.63, 3.8) is 0 Å². The lowest BCUT2D eigenvalue weighted by molar-refractivity contribution is -0.138. The van der Waals surface area contributed by atoms with Crippen LogP contribution in [-0.4, -0.2) is 11.8 Å². The number of rotatable bonds is 5. The average molecular weight is 242 g/mol. The van der Waals surface area contributed by atoms with Crippen LogP contribution in [0.1, 0.15) is 60.8 Å². The molecule has 0 radical (unpaired) electrons. The van der Waals surface area contributed by atoms with Crippen LogP contribution in [0, 0.1) is 10.8 Å². The minimum atomic E-state index is -0.456. The molecule has 0 fully saturated rings. The molecule has 0 atom stereocenters. The minimum absolute atomic E-state index is 0.139. The summed E-state index contributed by atoms with van der Waals surface area (Å²) in [6.07, 6.45) is 2.47. The maximum Gasteiger partial charge on any atom is 0.244 e. The van der Waals surface area contributed by atoms with Gasteiger partial charge in [-0.2, -0.15) is 0 Å². The molecule has 0 saturated heterocycles. The lowest BCUT2D eigenvalue weighted by atomic mass is 9.87. The Labute approximate surface area is 105 Å². The number of carbonyl (C=O) groups excluding carboxylic acids is 2. The quantitative estimate of drug-likeness (QED) is 0.727. The van der Waals surface area contributed by atoms with Crippen LogP contribution in [0.5, 0.6) is 0 Å². The number of carbonyl (C=O) groups is 2. The summed E-state index contributed by atoms with van der Waals surface area (Å²) in [4.78, 5) is 23.6. The molecule has 2 N–H and O–H groups in total. The minimum Gasteiger partial charge on any atom is -0.273 e. The number of amides is 2. The van der Waals surface area contributed by atoms with Crippen LogP contribution in [0.15, 0.2) is 0 Å². The third-order valence-corrected chi connectivity index (χ3v) is 3.28. The van der Waals surface area contributed by atoms with E-state index in [9.17, 15) is 9.59 Å². The highest BCUT2D eigenvalue weighted by molar-refractivity contribution is 5.87. The van der Waals surface area contributed by atoms with Crippen LogP contribution >= 0.6 is 0 Å². The molecule has 0 aliphatic rings. The van der Waals surface area contributed by atoms with Crippen LogP contribution in [0.3, 0.4) is 0 Å². The summed E-state index contributed by atoms with van der Waals surface area (Å²) < 4.78 is 0. The van der Waals surface area contributed by atoms with Gasteiger partial charge in [-0.15, -0.1) is 0 Å². The fourth-order valence-corrected chi connectivity index (χ4v) is 1.35. The van der Waals surface area contributed by atoms with E-state index in [-0.39, 0.29) is 11.8 Å². The first-order chi connectivity index (χ1) is 7.67. The highest BCUT2D eigenvalue weighted by Crippen LogP contribution is 2.22. The molecule has 0 spiro atoms. The van der Waals surface area contributed by atoms with E-state index in [1.54, 1.807) is 0 Å². The standard InChI is InChI=1S/C13H26N2O2/c1-7-9-13(5,6)11(17)15-14-10(16)12(3,4)8-2/h7-9H2,1-6H3,(H,14,16)(H,15,17). The number of hydrogen-bond acceptors (Lipinski definition) is 2. The molecule has 0 aliphatic heterocycles. The third-order valence-electron chi connectivity index (χ3n) is 3.28. The van der Waals surface area contributed by atoms with Crippen LogP contribution in [0.25, 0.3) is 0 Å². The van der Waals surface area contributed by atoms with Crippen molar-refractivity contribution in [2.45, 2.75) is 60.8 Å². The Bertz CT molecular complexity index is 283. The van der Waals surface area contributed by atoms with Crippen molar-refractivity contribution < 1.29 is 9.59 Å². The highest BCUT2D eigenvalue weighted by Gasteiger charge is 2.29. The second-order valence-corrected chi connectivity index (χ2v) is 5.78. The predicted molar refractivity (Wildman–Crippen MR) is 69.0 cm³/mol. The SMILES string of the molecule is CCCC(C)(C)C(=O)NNC(=O)C(C)(C)CC. The number of hydrazine groups is 1. The molecular formula is C13H26N2O2. The Morgan fingerprint density at radius 2 is 1.29 bits per heavy atom. The van der Waals surface area contributed by atoms with E-state index >= 15 is 0 Å². The Hall–Kier alpha value is -1.06. The van der Waals surface area contributed by atoms with Crippen molar-refractivity contribution in [3.8, 4) is 0 Å². The summed E-state index contributed by atoms with van der Waals surface area (Å²) >= 11 is 0. The van der Waals surface area contributed by atoms with E-state index in [1.807, 2.05) is 41.5 Å². The number of nitrogens with one attached hydrogen (secondary N) is 2. The lowest BCUT2D eigenvalue weighted by Crippen LogP contribution is -2.51. The van der Waals surface area contributed by atoms with Crippen molar-refractivity contribution in [3.05, 3.63) is 0 Å². The van der Waals surface area contributed by atoms with Gasteiger partial charge in [0.1, 0.15) is 0 Å². The second-order valence-electron chi connectivity index (χ2n) is 5.78. The van der Waals surface area contributed by atoms with Crippen molar-refractivity contribution in [2.75, 3.05) is 0 Å². The van der Waals surface area contributed by atoms with Gasteiger partial charge in [0.15, 0.2) is 0 Å². The molecule has 4 heteroatoms. The Balaban J connectivity index is 4.31. The monoisotopic (exact) mass is 242 g/mol. The molecule has 0 bridgehead atoms. The highest BCUT2D eigenvalue weighted by atomic mass is 16.2. The van der Waals surface area contributed by atoms with Crippen molar-refractivity contribution in [1.82, 2.24) is 10.9 Å². The van der Waals surface area contributed by atoms with Gasteiger partial charge in [0.25, 0.3) is 0 Å². The van der Waals surface area contributed by atoms with Gasteiger partial charge in [-0.1, -0.05) is 48.0 Å². The smallest absolute Gasteiger partial charge is 0.244 e. The summed E-state index contributed by atoms with van der Waals surface area (Å²) in [6, 6.07) is 0. The summed E-state index contributed by atoms with van der Waals surface area (Å²) in [5.41, 5.74) is 4.11. The predicted octanol–water partition coefficient (Wildman–Crippen LogP) is 2.40. The molecule has 0 rings (SSSR count). The zero-order valence-electron chi connectivity index (χ0n) is 11.9. The average Bonchev–Trinajstić information content (AvgIpc) is 2.24. The summed E-state index contributed by atoms with van der Waals surface area (Å²) in [6.45, 7) is 11.4. The van der Waals surface area contributed by atoms with E-state index in [0.717, 1.165) is 19.3 Å². The van der Waals surface area contributed by atoms with E-state index in [4.69, 9.17) is 0 Å². The first-order valence-corrected chi connectivity index (χ1v) is 6.28. The van der Waals surface area contributed by atoms with E-state index in [2.05, 4.69) is 10.9 Å². The number of hydrogen-bond donors (Lipinski definition) is 2. The van der Waals surface area contributed by atoms with E-state index in [0.29, 0.717) is 0 Å². The molecule has 0 heterocycles. The van der Waals surface area contributed by atoms with E-state index in [1.165, 1.54) is 0 Å². The van der Waals surface area contributed by atoms with Gasteiger partial charge in [0.05, 0.1) is 0 Å². The van der Waals surface area contributed by atoms with Crippen LogP contribution in [-0.2, 0) is 9.59 Å². The van der Waals surface area contributed by atoms with Gasteiger partial charge in [0.2, 0.25) is 11.8 Å². The zero-order chi connectivity index (χ0) is 13.7. The summed E-state index contributed by atoms with van der Waals surface area (Å²) in [5.74, 6) is -0.291. The normalized spacial score (nSPS) is 12.1. The van der Waals surface area contributed by atoms with Gasteiger partial charge < -0.3 is 0 Å². The van der Waals surface area contributed by atoms with Gasteiger partial charge in [-0.25, -0.2) is 0 Å². The van der Waals surface area contributed by atoms with Crippen LogP contribution in [0.4, 0.5) is 0 Å². The lowest BCUT2D eigenvalue weighted by Gasteiger charge is -2.26. The van der Waals surface area contributed by atoms with Crippen LogP contribution in [0.2, 0.25) is 0 Å². The second kappa shape index (κ2) is 6.03. The Kier molecular flexibility index (Phi) is 5.66. The maximum atomic E-state index is 11.8. The first kappa shape index (κ1) is 15.9. The molecule has 0 saturated carbocycles. The van der Waals surface area contributed by atoms with Crippen molar-refractivity contribution in [1.29, 1.82) is 0 Å². The van der Waals surface area contributed by atoms with Crippen LogP contribution < -0.4 is 10.9 Å². The summed E-state index contributed by atoms with van der Waals surface area (Å²) in [5, 5.41) is 0. The molecule has 0 aliphatic carbocycles. The molecule has 0 aromatic carbocycles. The van der Waals surface area contributed by atoms with Gasteiger partial charge in [-0.05, 0) is 12.8 Å². The molecule has 4 nitrogen and oxygen atoms in total. The Morgan fingerprint density at radius 1 is 0.882 bits per heavy atom. The fourth-order valence-electron chi connectivity index (χ4n) is 1.35. The zero-order valence-corrected chi connectivity index (χ0v) is 11.9.